The van der Waals surface area contributed by atoms with E-state index in [9.17, 15) is 4.79 Å². The number of rotatable bonds is 6. The summed E-state index contributed by atoms with van der Waals surface area (Å²) < 4.78 is 4.97. The van der Waals surface area contributed by atoms with Gasteiger partial charge in [0.25, 0.3) is 0 Å². The Kier molecular flexibility index (Phi) is 5.65. The molecule has 0 aliphatic heterocycles. The van der Waals surface area contributed by atoms with E-state index in [1.165, 1.54) is 17.4 Å². The molecule has 7 nitrogen and oxygen atoms in total. The summed E-state index contributed by atoms with van der Waals surface area (Å²) in [5.74, 6) is -0.643. The van der Waals surface area contributed by atoms with E-state index < -0.39 is 5.97 Å². The van der Waals surface area contributed by atoms with Gasteiger partial charge in [-0.25, -0.2) is 9.78 Å². The molecule has 2 rings (SSSR count). The standard InChI is InChI=1S/C14H13N5O2S/c1-2-6-21-14(20)12(18-19-15)7-11-9-17-13(22-11)10-4-3-5-16-8-10/h3-5,7-9H,2,6H2,1H3/b12-7-. The van der Waals surface area contributed by atoms with Crippen LogP contribution in [0.15, 0.2) is 41.5 Å². The molecule has 22 heavy (non-hydrogen) atoms. The minimum absolute atomic E-state index is 0.0858. The largest absolute Gasteiger partial charge is 0.462 e. The van der Waals surface area contributed by atoms with Gasteiger partial charge >= 0.3 is 5.97 Å². The van der Waals surface area contributed by atoms with Crippen molar-refractivity contribution in [1.29, 1.82) is 0 Å². The molecule has 0 saturated heterocycles. The van der Waals surface area contributed by atoms with Crippen molar-refractivity contribution in [2.45, 2.75) is 13.3 Å². The van der Waals surface area contributed by atoms with Gasteiger partial charge in [0.2, 0.25) is 0 Å². The lowest BCUT2D eigenvalue weighted by Crippen LogP contribution is -2.06. The van der Waals surface area contributed by atoms with Crippen molar-refractivity contribution in [2.24, 2.45) is 5.11 Å². The Labute approximate surface area is 130 Å². The zero-order valence-electron chi connectivity index (χ0n) is 11.8. The third-order valence-electron chi connectivity index (χ3n) is 2.51. The lowest BCUT2D eigenvalue weighted by Gasteiger charge is -2.01. The Morgan fingerprint density at radius 1 is 1.55 bits per heavy atom. The molecule has 0 aromatic carbocycles. The lowest BCUT2D eigenvalue weighted by atomic mass is 10.3. The first-order valence-corrected chi connectivity index (χ1v) is 7.36. The van der Waals surface area contributed by atoms with Crippen LogP contribution in [0.25, 0.3) is 27.1 Å². The Hall–Kier alpha value is -2.70. The summed E-state index contributed by atoms with van der Waals surface area (Å²) in [6.07, 6.45) is 7.15. The van der Waals surface area contributed by atoms with Crippen molar-refractivity contribution in [3.05, 3.63) is 51.7 Å². The molecule has 2 heterocycles. The number of aromatic nitrogens is 2. The van der Waals surface area contributed by atoms with Crippen LogP contribution >= 0.6 is 11.3 Å². The van der Waals surface area contributed by atoms with Crippen LogP contribution in [0.3, 0.4) is 0 Å². The Bertz CT molecular complexity index is 720. The van der Waals surface area contributed by atoms with Crippen LogP contribution in [0.4, 0.5) is 0 Å². The maximum absolute atomic E-state index is 11.8. The average Bonchev–Trinajstić information content (AvgIpc) is 3.01. The van der Waals surface area contributed by atoms with E-state index in [4.69, 9.17) is 10.3 Å². The maximum Gasteiger partial charge on any atom is 0.340 e. The summed E-state index contributed by atoms with van der Waals surface area (Å²) >= 11 is 1.36. The third-order valence-corrected chi connectivity index (χ3v) is 3.50. The fourth-order valence-electron chi connectivity index (χ4n) is 1.56. The van der Waals surface area contributed by atoms with Crippen molar-refractivity contribution in [3.8, 4) is 10.6 Å². The number of nitrogens with zero attached hydrogens (tertiary/aromatic N) is 5. The second kappa shape index (κ2) is 7.92. The van der Waals surface area contributed by atoms with Crippen molar-refractivity contribution < 1.29 is 9.53 Å². The highest BCUT2D eigenvalue weighted by Gasteiger charge is 2.11. The van der Waals surface area contributed by atoms with E-state index in [0.717, 1.165) is 10.6 Å². The molecule has 0 aliphatic rings. The molecule has 0 aliphatic carbocycles. The highest BCUT2D eigenvalue weighted by Crippen LogP contribution is 2.26. The van der Waals surface area contributed by atoms with Crippen LogP contribution in [0.2, 0.25) is 0 Å². The summed E-state index contributed by atoms with van der Waals surface area (Å²) in [5.41, 5.74) is 9.36. The molecule has 0 bridgehead atoms. The molecular formula is C14H13N5O2S. The van der Waals surface area contributed by atoms with Crippen LogP contribution < -0.4 is 0 Å². The molecule has 0 spiro atoms. The van der Waals surface area contributed by atoms with Gasteiger partial charge < -0.3 is 4.74 Å². The van der Waals surface area contributed by atoms with Crippen molar-refractivity contribution in [1.82, 2.24) is 9.97 Å². The molecule has 8 heteroatoms. The van der Waals surface area contributed by atoms with Gasteiger partial charge in [0.1, 0.15) is 10.7 Å². The number of thiazole rings is 1. The highest BCUT2D eigenvalue weighted by atomic mass is 32.1. The van der Waals surface area contributed by atoms with Crippen LogP contribution in [-0.4, -0.2) is 22.5 Å². The fourth-order valence-corrected chi connectivity index (χ4v) is 2.40. The van der Waals surface area contributed by atoms with Gasteiger partial charge in [-0.2, -0.15) is 0 Å². The number of hydrogen-bond donors (Lipinski definition) is 0. The van der Waals surface area contributed by atoms with E-state index in [0.29, 0.717) is 11.3 Å². The van der Waals surface area contributed by atoms with Gasteiger partial charge in [0, 0.05) is 33.9 Å². The molecule has 0 N–H and O–H groups in total. The molecule has 0 amide bonds. The zero-order valence-corrected chi connectivity index (χ0v) is 12.7. The minimum atomic E-state index is -0.643. The first-order chi connectivity index (χ1) is 10.7. The predicted molar refractivity (Wildman–Crippen MR) is 83.7 cm³/mol. The van der Waals surface area contributed by atoms with E-state index >= 15 is 0 Å². The molecule has 0 fully saturated rings. The van der Waals surface area contributed by atoms with Crippen LogP contribution in [0, 0.1) is 0 Å². The first-order valence-electron chi connectivity index (χ1n) is 6.54. The monoisotopic (exact) mass is 315 g/mol. The minimum Gasteiger partial charge on any atom is -0.462 e. The Morgan fingerprint density at radius 3 is 3.09 bits per heavy atom. The Morgan fingerprint density at radius 2 is 2.41 bits per heavy atom. The maximum atomic E-state index is 11.8. The quantitative estimate of drug-likeness (QED) is 0.266. The summed E-state index contributed by atoms with van der Waals surface area (Å²) in [6, 6.07) is 3.71. The van der Waals surface area contributed by atoms with Crippen molar-refractivity contribution in [3.63, 3.8) is 0 Å². The summed E-state index contributed by atoms with van der Waals surface area (Å²) in [4.78, 5) is 23.4. The summed E-state index contributed by atoms with van der Waals surface area (Å²) in [6.45, 7) is 2.16. The van der Waals surface area contributed by atoms with E-state index in [1.807, 2.05) is 19.1 Å². The van der Waals surface area contributed by atoms with E-state index in [1.54, 1.807) is 18.6 Å². The smallest absolute Gasteiger partial charge is 0.340 e. The Balaban J connectivity index is 2.24. The van der Waals surface area contributed by atoms with E-state index in [2.05, 4.69) is 20.0 Å². The van der Waals surface area contributed by atoms with Crippen LogP contribution in [0.1, 0.15) is 18.2 Å². The number of hydrogen-bond acceptors (Lipinski definition) is 6. The van der Waals surface area contributed by atoms with Gasteiger partial charge in [-0.05, 0) is 30.2 Å². The van der Waals surface area contributed by atoms with Gasteiger partial charge in [-0.1, -0.05) is 12.0 Å². The molecule has 2 aromatic rings. The van der Waals surface area contributed by atoms with Crippen LogP contribution in [0.5, 0.6) is 0 Å². The molecule has 112 valence electrons. The first kappa shape index (κ1) is 15.7. The van der Waals surface area contributed by atoms with Crippen LogP contribution in [-0.2, 0) is 9.53 Å². The normalized spacial score (nSPS) is 10.9. The number of esters is 1. The number of carbonyl (C=O) groups is 1. The number of pyridine rings is 1. The molecule has 2 aromatic heterocycles. The van der Waals surface area contributed by atoms with E-state index in [-0.39, 0.29) is 12.3 Å². The van der Waals surface area contributed by atoms with Crippen molar-refractivity contribution in [2.75, 3.05) is 6.61 Å². The summed E-state index contributed by atoms with van der Waals surface area (Å²) in [7, 11) is 0. The topological polar surface area (TPSA) is 101 Å². The number of ether oxygens (including phenoxy) is 1. The predicted octanol–water partition coefficient (Wildman–Crippen LogP) is 3.81. The average molecular weight is 315 g/mol. The number of azide groups is 1. The number of carbonyl (C=O) groups excluding carboxylic acids is 1. The highest BCUT2D eigenvalue weighted by molar-refractivity contribution is 7.15. The zero-order chi connectivity index (χ0) is 15.8. The summed E-state index contributed by atoms with van der Waals surface area (Å²) in [5, 5.41) is 4.15. The second-order valence-corrected chi connectivity index (χ2v) is 5.23. The van der Waals surface area contributed by atoms with Gasteiger partial charge in [0.15, 0.2) is 0 Å². The van der Waals surface area contributed by atoms with Crippen molar-refractivity contribution >= 4 is 23.4 Å². The third kappa shape index (κ3) is 4.15. The van der Waals surface area contributed by atoms with Gasteiger partial charge in [-0.15, -0.1) is 11.3 Å². The fraction of sp³-hybridized carbons (Fsp3) is 0.214. The molecule has 0 unspecified atom stereocenters. The van der Waals surface area contributed by atoms with Gasteiger partial charge in [-0.3, -0.25) is 4.98 Å². The molecule has 0 saturated carbocycles. The lowest BCUT2D eigenvalue weighted by molar-refractivity contribution is -0.138. The molecular weight excluding hydrogens is 302 g/mol. The van der Waals surface area contributed by atoms with Gasteiger partial charge in [0.05, 0.1) is 6.61 Å². The molecule has 0 atom stereocenters. The second-order valence-electron chi connectivity index (χ2n) is 4.16. The SMILES string of the molecule is CCCOC(=O)/C(=C/c1cnc(-c2cccnc2)s1)N=[N+]=[N-]. The molecule has 0 radical (unpaired) electrons.